The number of nitrogens with one attached hydrogen (secondary N) is 3. The molecule has 2 aromatic rings. The lowest BCUT2D eigenvalue weighted by Gasteiger charge is -2.30. The summed E-state index contributed by atoms with van der Waals surface area (Å²) in [7, 11) is 0. The van der Waals surface area contributed by atoms with Gasteiger partial charge in [-0.3, -0.25) is 14.4 Å². The lowest BCUT2D eigenvalue weighted by atomic mass is 9.98. The van der Waals surface area contributed by atoms with Crippen LogP contribution in [0.3, 0.4) is 0 Å². The van der Waals surface area contributed by atoms with Crippen molar-refractivity contribution in [2.24, 2.45) is 11.8 Å². The second kappa shape index (κ2) is 12.7. The molecule has 2 aromatic carbocycles. The van der Waals surface area contributed by atoms with Crippen molar-refractivity contribution in [3.8, 4) is 5.75 Å². The Hall–Kier alpha value is -3.87. The number of ether oxygens (including phenoxy) is 1. The molecule has 4 rings (SSSR count). The summed E-state index contributed by atoms with van der Waals surface area (Å²) in [5.41, 5.74) is 1.59. The van der Waals surface area contributed by atoms with Crippen LogP contribution in [0.1, 0.15) is 51.3 Å². The molecular weight excluding hydrogens is 454 g/mol. The van der Waals surface area contributed by atoms with Crippen LogP contribution in [-0.2, 0) is 14.4 Å². The molecule has 0 aromatic heterocycles. The zero-order chi connectivity index (χ0) is 26.1. The number of amides is 3. The molecular formula is C29H35N3O4. The number of rotatable bonds is 6. The molecule has 3 atom stereocenters. The van der Waals surface area contributed by atoms with E-state index in [4.69, 9.17) is 4.74 Å². The molecule has 2 aliphatic heterocycles. The molecule has 3 N–H and O–H groups in total. The van der Waals surface area contributed by atoms with Crippen molar-refractivity contribution in [3.63, 3.8) is 0 Å². The maximum absolute atomic E-state index is 13.7. The molecule has 36 heavy (non-hydrogen) atoms. The lowest BCUT2D eigenvalue weighted by Crippen LogP contribution is -2.56. The number of carbonyl (C=O) groups is 3. The highest BCUT2D eigenvalue weighted by Crippen LogP contribution is 2.26. The molecule has 0 radical (unpaired) electrons. The maximum atomic E-state index is 13.7. The Kier molecular flexibility index (Phi) is 9.45. The Balaban J connectivity index is 2.07. The molecule has 7 heteroatoms. The highest BCUT2D eigenvalue weighted by molar-refractivity contribution is 5.95. The number of fused-ring (bicyclic) bond motifs is 10. The largest absolute Gasteiger partial charge is 0.483 e. The molecule has 0 saturated heterocycles. The minimum absolute atomic E-state index is 0.152. The summed E-state index contributed by atoms with van der Waals surface area (Å²) in [4.78, 5) is 39.5. The average Bonchev–Trinajstić information content (AvgIpc) is 2.85. The highest BCUT2D eigenvalue weighted by Gasteiger charge is 2.35. The van der Waals surface area contributed by atoms with Gasteiger partial charge in [-0.2, -0.15) is 0 Å². The van der Waals surface area contributed by atoms with Crippen LogP contribution in [0.2, 0.25) is 0 Å². The Morgan fingerprint density at radius 2 is 1.69 bits per heavy atom. The third kappa shape index (κ3) is 7.83. The zero-order valence-corrected chi connectivity index (χ0v) is 21.2. The van der Waals surface area contributed by atoms with Crippen LogP contribution in [0.4, 0.5) is 0 Å². The fraction of sp³-hybridized carbons (Fsp3) is 0.345. The summed E-state index contributed by atoms with van der Waals surface area (Å²) >= 11 is 0. The molecule has 0 aliphatic carbocycles. The molecule has 2 aliphatic rings. The van der Waals surface area contributed by atoms with Crippen LogP contribution in [0, 0.1) is 11.8 Å². The van der Waals surface area contributed by atoms with Crippen LogP contribution in [-0.4, -0.2) is 29.8 Å². The number of hydrogen-bond acceptors (Lipinski definition) is 4. The van der Waals surface area contributed by atoms with E-state index in [1.807, 2.05) is 70.2 Å². The van der Waals surface area contributed by atoms with E-state index in [1.54, 1.807) is 30.5 Å². The van der Waals surface area contributed by atoms with Crippen molar-refractivity contribution in [1.82, 2.24) is 16.0 Å². The first-order valence-electron chi connectivity index (χ1n) is 12.3. The summed E-state index contributed by atoms with van der Waals surface area (Å²) < 4.78 is 6.33. The van der Waals surface area contributed by atoms with Crippen molar-refractivity contribution >= 4 is 23.8 Å². The number of hydrogen-bond donors (Lipinski definition) is 3. The van der Waals surface area contributed by atoms with E-state index in [2.05, 4.69) is 16.0 Å². The lowest BCUT2D eigenvalue weighted by molar-refractivity contribution is -0.133. The average molecular weight is 490 g/mol. The summed E-state index contributed by atoms with van der Waals surface area (Å²) in [6, 6.07) is 14.7. The normalized spacial score (nSPS) is 21.6. The van der Waals surface area contributed by atoms with Crippen molar-refractivity contribution in [2.75, 3.05) is 0 Å². The van der Waals surface area contributed by atoms with Gasteiger partial charge in [0.1, 0.15) is 17.8 Å². The quantitative estimate of drug-likeness (QED) is 0.532. The molecule has 0 spiro atoms. The Morgan fingerprint density at radius 3 is 2.33 bits per heavy atom. The van der Waals surface area contributed by atoms with Crippen molar-refractivity contribution in [3.05, 3.63) is 84.1 Å². The molecule has 0 unspecified atom stereocenters. The monoisotopic (exact) mass is 489 g/mol. The first-order valence-corrected chi connectivity index (χ1v) is 12.3. The van der Waals surface area contributed by atoms with Gasteiger partial charge in [0.15, 0.2) is 6.10 Å². The fourth-order valence-corrected chi connectivity index (χ4v) is 3.82. The van der Waals surface area contributed by atoms with Gasteiger partial charge in [0.05, 0.1) is 0 Å². The fourth-order valence-electron chi connectivity index (χ4n) is 3.82. The van der Waals surface area contributed by atoms with Gasteiger partial charge in [-0.25, -0.2) is 0 Å². The molecule has 0 saturated carbocycles. The predicted octanol–water partition coefficient (Wildman–Crippen LogP) is 4.14. The third-order valence-corrected chi connectivity index (χ3v) is 5.63. The van der Waals surface area contributed by atoms with Gasteiger partial charge in [0.25, 0.3) is 0 Å². The van der Waals surface area contributed by atoms with E-state index in [1.165, 1.54) is 6.08 Å². The van der Waals surface area contributed by atoms with Gasteiger partial charge < -0.3 is 20.7 Å². The summed E-state index contributed by atoms with van der Waals surface area (Å²) in [6.45, 7) is 7.88. The van der Waals surface area contributed by atoms with E-state index in [0.29, 0.717) is 17.7 Å². The van der Waals surface area contributed by atoms with Gasteiger partial charge in [-0.15, -0.1) is 0 Å². The minimum Gasteiger partial charge on any atom is -0.483 e. The predicted molar refractivity (Wildman–Crippen MR) is 141 cm³/mol. The molecule has 2 bridgehead atoms. The molecule has 190 valence electrons. The second-order valence-corrected chi connectivity index (χ2v) is 9.64. The highest BCUT2D eigenvalue weighted by atomic mass is 16.5. The Bertz CT molecular complexity index is 1090. The van der Waals surface area contributed by atoms with Crippen LogP contribution in [0.25, 0.3) is 6.08 Å². The Morgan fingerprint density at radius 1 is 1.00 bits per heavy atom. The van der Waals surface area contributed by atoms with Gasteiger partial charge in [0.2, 0.25) is 17.7 Å². The van der Waals surface area contributed by atoms with Crippen LogP contribution in [0.15, 0.2) is 72.9 Å². The standard InChI is InChI=1S/C29H35N3O4/c1-19(2)10-15-25(33)32-26-27(22-8-6-5-7-9-22)36-23-13-11-21(12-14-23)16-17-30-28(34)24(18-20(3)4)31-29(26)35/h5-17,19-20,24,26-27H,18H2,1-4H3,(H,30,34)(H,31,35)(H,32,33)/b15-10+,17-16-/t24-,26-,27+/m0/s1. The third-order valence-electron chi connectivity index (χ3n) is 5.63. The zero-order valence-electron chi connectivity index (χ0n) is 21.2. The van der Waals surface area contributed by atoms with Gasteiger partial charge in [-0.1, -0.05) is 76.2 Å². The van der Waals surface area contributed by atoms with Crippen molar-refractivity contribution in [2.45, 2.75) is 52.3 Å². The molecule has 3 amide bonds. The van der Waals surface area contributed by atoms with E-state index >= 15 is 0 Å². The Labute approximate surface area is 213 Å². The van der Waals surface area contributed by atoms with E-state index in [0.717, 1.165) is 5.56 Å². The van der Waals surface area contributed by atoms with E-state index < -0.39 is 30.0 Å². The first-order chi connectivity index (χ1) is 17.2. The molecule has 2 heterocycles. The number of benzene rings is 2. The first kappa shape index (κ1) is 26.7. The van der Waals surface area contributed by atoms with Crippen LogP contribution in [0.5, 0.6) is 5.75 Å². The minimum atomic E-state index is -1.10. The summed E-state index contributed by atoms with van der Waals surface area (Å²) in [6.07, 6.45) is 6.11. The SMILES string of the molecule is CC(C)/C=C/C(=O)N[C@@H]1C(=O)N[C@@H](CC(C)C)C(=O)N/C=C\c2ccc(cc2)O[C@@H]1c1ccccc1. The topological polar surface area (TPSA) is 96.5 Å². The molecule has 0 fully saturated rings. The van der Waals surface area contributed by atoms with Gasteiger partial charge >= 0.3 is 0 Å². The van der Waals surface area contributed by atoms with Crippen molar-refractivity contribution in [1.29, 1.82) is 0 Å². The van der Waals surface area contributed by atoms with E-state index in [-0.39, 0.29) is 17.7 Å². The van der Waals surface area contributed by atoms with Crippen LogP contribution >= 0.6 is 0 Å². The number of allylic oxidation sites excluding steroid dienone is 1. The summed E-state index contributed by atoms with van der Waals surface area (Å²) in [5.74, 6) is -0.389. The van der Waals surface area contributed by atoms with Gasteiger partial charge in [-0.05, 0) is 53.7 Å². The van der Waals surface area contributed by atoms with Gasteiger partial charge in [0, 0.05) is 6.20 Å². The van der Waals surface area contributed by atoms with E-state index in [9.17, 15) is 14.4 Å². The second-order valence-electron chi connectivity index (χ2n) is 9.64. The number of carbonyl (C=O) groups excluding carboxylic acids is 3. The molecule has 7 nitrogen and oxygen atoms in total. The summed E-state index contributed by atoms with van der Waals surface area (Å²) in [5, 5.41) is 8.45. The van der Waals surface area contributed by atoms with Crippen LogP contribution < -0.4 is 20.7 Å². The smallest absolute Gasteiger partial charge is 0.247 e. The maximum Gasteiger partial charge on any atom is 0.247 e. The van der Waals surface area contributed by atoms with Crippen molar-refractivity contribution < 1.29 is 19.1 Å².